The number of aliphatic hydroxyl groups is 1. The first-order chi connectivity index (χ1) is 7.20. The highest BCUT2D eigenvalue weighted by Crippen LogP contribution is 2.05. The van der Waals surface area contributed by atoms with Crippen molar-refractivity contribution in [2.24, 2.45) is 0 Å². The molecule has 4 heteroatoms. The third-order valence-corrected chi connectivity index (χ3v) is 2.08. The minimum Gasteiger partial charge on any atom is -0.466 e. The van der Waals surface area contributed by atoms with E-state index in [1.54, 1.807) is 6.92 Å². The first-order valence-corrected chi connectivity index (χ1v) is 5.53. The Morgan fingerprint density at radius 2 is 1.87 bits per heavy atom. The van der Waals surface area contributed by atoms with E-state index in [0.29, 0.717) is 25.2 Å². The molecule has 0 bridgehead atoms. The monoisotopic (exact) mass is 215 g/mol. The molecular formula is C11H21NO3. The lowest BCUT2D eigenvalue weighted by molar-refractivity contribution is -0.143. The lowest BCUT2D eigenvalue weighted by Gasteiger charge is -2.02. The van der Waals surface area contributed by atoms with Crippen LogP contribution in [0, 0.1) is 5.41 Å². The quantitative estimate of drug-likeness (QED) is 0.350. The van der Waals surface area contributed by atoms with Crippen LogP contribution in [0.4, 0.5) is 0 Å². The molecule has 0 heterocycles. The van der Waals surface area contributed by atoms with Crippen LogP contribution in [-0.2, 0) is 9.53 Å². The van der Waals surface area contributed by atoms with Crippen molar-refractivity contribution in [1.82, 2.24) is 0 Å². The van der Waals surface area contributed by atoms with Gasteiger partial charge in [-0.05, 0) is 26.2 Å². The average molecular weight is 215 g/mol. The van der Waals surface area contributed by atoms with Crippen LogP contribution in [0.1, 0.15) is 45.4 Å². The summed E-state index contributed by atoms with van der Waals surface area (Å²) < 4.78 is 4.79. The van der Waals surface area contributed by atoms with Crippen molar-refractivity contribution in [2.75, 3.05) is 13.2 Å². The van der Waals surface area contributed by atoms with Crippen molar-refractivity contribution in [2.45, 2.75) is 45.4 Å². The molecule has 0 rings (SSSR count). The van der Waals surface area contributed by atoms with E-state index in [1.165, 1.54) is 0 Å². The van der Waals surface area contributed by atoms with Gasteiger partial charge in [0.2, 0.25) is 0 Å². The summed E-state index contributed by atoms with van der Waals surface area (Å²) in [7, 11) is 0. The smallest absolute Gasteiger partial charge is 0.305 e. The van der Waals surface area contributed by atoms with Gasteiger partial charge in [-0.2, -0.15) is 0 Å². The number of carbonyl (C=O) groups excluding carboxylic acids is 1. The van der Waals surface area contributed by atoms with E-state index in [4.69, 9.17) is 15.3 Å². The first-order valence-electron chi connectivity index (χ1n) is 5.53. The van der Waals surface area contributed by atoms with Gasteiger partial charge in [0.05, 0.1) is 6.61 Å². The molecule has 0 aromatic rings. The largest absolute Gasteiger partial charge is 0.466 e. The van der Waals surface area contributed by atoms with Crippen molar-refractivity contribution < 1.29 is 14.6 Å². The number of hydrogen-bond donors (Lipinski definition) is 2. The summed E-state index contributed by atoms with van der Waals surface area (Å²) in [5, 5.41) is 16.0. The molecule has 0 aromatic carbocycles. The molecule has 0 aliphatic heterocycles. The van der Waals surface area contributed by atoms with E-state index in [1.807, 2.05) is 0 Å². The van der Waals surface area contributed by atoms with Gasteiger partial charge in [0.15, 0.2) is 0 Å². The number of unbranched alkanes of at least 4 members (excludes halogenated alkanes) is 2. The lowest BCUT2D eigenvalue weighted by Crippen LogP contribution is -2.03. The standard InChI is InChI=1S/C11H21NO3/c1-2-15-11(14)7-5-3-4-6-10(12)8-9-13/h12-13H,2-9H2,1H3. The van der Waals surface area contributed by atoms with Crippen LogP contribution in [0.5, 0.6) is 0 Å². The van der Waals surface area contributed by atoms with E-state index in [2.05, 4.69) is 0 Å². The summed E-state index contributed by atoms with van der Waals surface area (Å²) in [6, 6.07) is 0. The number of hydrogen-bond acceptors (Lipinski definition) is 4. The highest BCUT2D eigenvalue weighted by molar-refractivity contribution is 5.81. The summed E-state index contributed by atoms with van der Waals surface area (Å²) in [6.45, 7) is 2.30. The molecular weight excluding hydrogens is 194 g/mol. The highest BCUT2D eigenvalue weighted by Gasteiger charge is 2.01. The second-order valence-corrected chi connectivity index (χ2v) is 3.44. The Kier molecular flexibility index (Phi) is 9.07. The molecule has 0 radical (unpaired) electrons. The molecule has 0 unspecified atom stereocenters. The Morgan fingerprint density at radius 3 is 2.47 bits per heavy atom. The zero-order valence-electron chi connectivity index (χ0n) is 9.42. The second kappa shape index (κ2) is 9.65. The van der Waals surface area contributed by atoms with Crippen molar-refractivity contribution >= 4 is 11.7 Å². The Hall–Kier alpha value is -0.900. The summed E-state index contributed by atoms with van der Waals surface area (Å²) >= 11 is 0. The van der Waals surface area contributed by atoms with E-state index in [9.17, 15) is 4.79 Å². The van der Waals surface area contributed by atoms with E-state index in [-0.39, 0.29) is 12.6 Å². The third kappa shape index (κ3) is 9.41. The van der Waals surface area contributed by atoms with Gasteiger partial charge < -0.3 is 15.3 Å². The van der Waals surface area contributed by atoms with Gasteiger partial charge in [0.25, 0.3) is 0 Å². The minimum absolute atomic E-state index is 0.0572. The number of esters is 1. The second-order valence-electron chi connectivity index (χ2n) is 3.44. The predicted octanol–water partition coefficient (Wildman–Crippen LogP) is 1.90. The zero-order chi connectivity index (χ0) is 11.5. The van der Waals surface area contributed by atoms with E-state index < -0.39 is 0 Å². The number of rotatable bonds is 9. The molecule has 0 aliphatic carbocycles. The Morgan fingerprint density at radius 1 is 1.20 bits per heavy atom. The fourth-order valence-corrected chi connectivity index (χ4v) is 1.28. The molecule has 88 valence electrons. The molecule has 0 aliphatic rings. The lowest BCUT2D eigenvalue weighted by atomic mass is 10.1. The first kappa shape index (κ1) is 14.1. The van der Waals surface area contributed by atoms with Gasteiger partial charge in [-0.3, -0.25) is 4.79 Å². The van der Waals surface area contributed by atoms with Gasteiger partial charge in [0, 0.05) is 25.2 Å². The van der Waals surface area contributed by atoms with Gasteiger partial charge in [-0.25, -0.2) is 0 Å². The van der Waals surface area contributed by atoms with E-state index >= 15 is 0 Å². The van der Waals surface area contributed by atoms with Crippen molar-refractivity contribution in [1.29, 1.82) is 5.41 Å². The van der Waals surface area contributed by atoms with Gasteiger partial charge in [-0.1, -0.05) is 6.42 Å². The van der Waals surface area contributed by atoms with Crippen LogP contribution in [0.15, 0.2) is 0 Å². The third-order valence-electron chi connectivity index (χ3n) is 2.08. The highest BCUT2D eigenvalue weighted by atomic mass is 16.5. The molecule has 0 aromatic heterocycles. The minimum atomic E-state index is -0.136. The van der Waals surface area contributed by atoms with Gasteiger partial charge in [-0.15, -0.1) is 0 Å². The Labute approximate surface area is 91.1 Å². The number of ether oxygens (including phenoxy) is 1. The Bertz CT molecular complexity index is 172. The fourth-order valence-electron chi connectivity index (χ4n) is 1.28. The molecule has 0 amide bonds. The van der Waals surface area contributed by atoms with Crippen molar-refractivity contribution in [3.8, 4) is 0 Å². The van der Waals surface area contributed by atoms with Crippen LogP contribution in [0.2, 0.25) is 0 Å². The molecule has 0 saturated carbocycles. The molecule has 0 saturated heterocycles. The topological polar surface area (TPSA) is 70.4 Å². The number of aliphatic hydroxyl groups excluding tert-OH is 1. The van der Waals surface area contributed by atoms with Crippen LogP contribution in [0.3, 0.4) is 0 Å². The fraction of sp³-hybridized carbons (Fsp3) is 0.818. The zero-order valence-corrected chi connectivity index (χ0v) is 9.42. The number of carbonyl (C=O) groups is 1. The van der Waals surface area contributed by atoms with Crippen LogP contribution in [0.25, 0.3) is 0 Å². The number of nitrogens with one attached hydrogen (secondary N) is 1. The average Bonchev–Trinajstić information content (AvgIpc) is 2.18. The molecule has 0 spiro atoms. The SMILES string of the molecule is CCOC(=O)CCCCCC(=N)CCO. The summed E-state index contributed by atoms with van der Waals surface area (Å²) in [5.74, 6) is -0.136. The van der Waals surface area contributed by atoms with Crippen LogP contribution < -0.4 is 0 Å². The normalized spacial score (nSPS) is 10.0. The van der Waals surface area contributed by atoms with Crippen LogP contribution >= 0.6 is 0 Å². The van der Waals surface area contributed by atoms with Crippen LogP contribution in [-0.4, -0.2) is 30.0 Å². The summed E-state index contributed by atoms with van der Waals surface area (Å²) in [6.07, 6.45) is 4.35. The summed E-state index contributed by atoms with van der Waals surface area (Å²) in [4.78, 5) is 10.9. The molecule has 0 fully saturated rings. The van der Waals surface area contributed by atoms with Gasteiger partial charge >= 0.3 is 5.97 Å². The van der Waals surface area contributed by atoms with Crippen molar-refractivity contribution in [3.63, 3.8) is 0 Å². The summed E-state index contributed by atoms with van der Waals surface area (Å²) in [5.41, 5.74) is 0.591. The molecule has 4 nitrogen and oxygen atoms in total. The van der Waals surface area contributed by atoms with Crippen molar-refractivity contribution in [3.05, 3.63) is 0 Å². The predicted molar refractivity (Wildman–Crippen MR) is 59.1 cm³/mol. The maximum atomic E-state index is 10.9. The maximum Gasteiger partial charge on any atom is 0.305 e. The molecule has 15 heavy (non-hydrogen) atoms. The molecule has 2 N–H and O–H groups in total. The van der Waals surface area contributed by atoms with Gasteiger partial charge in [0.1, 0.15) is 0 Å². The molecule has 0 atom stereocenters. The Balaban J connectivity index is 3.24. The maximum absolute atomic E-state index is 10.9. The van der Waals surface area contributed by atoms with E-state index in [0.717, 1.165) is 25.7 Å².